The highest BCUT2D eigenvalue weighted by atomic mass is 35.5. The molecular weight excluding hydrogens is 360 g/mol. The van der Waals surface area contributed by atoms with Crippen LogP contribution in [0.5, 0.6) is 5.75 Å². The van der Waals surface area contributed by atoms with Crippen molar-refractivity contribution in [1.29, 1.82) is 0 Å². The van der Waals surface area contributed by atoms with Crippen LogP contribution in [0.15, 0.2) is 40.6 Å². The highest BCUT2D eigenvalue weighted by molar-refractivity contribution is 7.91. The second-order valence-corrected chi connectivity index (χ2v) is 8.09. The van der Waals surface area contributed by atoms with Gasteiger partial charge in [0.25, 0.3) is 5.91 Å². The standard InChI is InChI=1S/C14H15ClN2O4S2/c1-9(21-11-4-2-10(15)3-5-11)14(18)17-8-12-6-7-13(22-12)23(16,19)20/h2-7,9H,8H2,1H3,(H,17,18)(H2,16,19,20)/t9-/m1/s1. The highest BCUT2D eigenvalue weighted by Crippen LogP contribution is 2.20. The molecule has 0 radical (unpaired) electrons. The van der Waals surface area contributed by atoms with Crippen LogP contribution in [0.1, 0.15) is 11.8 Å². The Morgan fingerprint density at radius 1 is 1.30 bits per heavy atom. The molecule has 0 fully saturated rings. The molecule has 1 amide bonds. The molecule has 3 N–H and O–H groups in total. The number of ether oxygens (including phenoxy) is 1. The predicted octanol–water partition coefficient (Wildman–Crippen LogP) is 2.13. The summed E-state index contributed by atoms with van der Waals surface area (Å²) >= 11 is 6.79. The van der Waals surface area contributed by atoms with E-state index in [0.29, 0.717) is 15.6 Å². The van der Waals surface area contributed by atoms with E-state index in [9.17, 15) is 13.2 Å². The Morgan fingerprint density at radius 3 is 2.52 bits per heavy atom. The lowest BCUT2D eigenvalue weighted by atomic mass is 10.3. The van der Waals surface area contributed by atoms with Crippen molar-refractivity contribution in [2.75, 3.05) is 0 Å². The molecule has 0 unspecified atom stereocenters. The third-order valence-corrected chi connectivity index (χ3v) is 5.63. The number of nitrogens with two attached hydrogens (primary N) is 1. The largest absolute Gasteiger partial charge is 0.481 e. The van der Waals surface area contributed by atoms with Crippen molar-refractivity contribution in [2.45, 2.75) is 23.8 Å². The first-order valence-corrected chi connectivity index (χ1v) is 9.31. The Bertz CT molecular complexity index is 787. The summed E-state index contributed by atoms with van der Waals surface area (Å²) in [4.78, 5) is 12.7. The van der Waals surface area contributed by atoms with Crippen LogP contribution in [0.2, 0.25) is 5.02 Å². The van der Waals surface area contributed by atoms with Crippen LogP contribution in [-0.2, 0) is 21.4 Å². The number of halogens is 1. The van der Waals surface area contributed by atoms with Crippen molar-refractivity contribution in [3.8, 4) is 5.75 Å². The van der Waals surface area contributed by atoms with E-state index in [-0.39, 0.29) is 16.7 Å². The van der Waals surface area contributed by atoms with Crippen molar-refractivity contribution in [3.05, 3.63) is 46.3 Å². The Hall–Kier alpha value is -1.61. The van der Waals surface area contributed by atoms with E-state index in [1.807, 2.05) is 0 Å². The van der Waals surface area contributed by atoms with E-state index in [0.717, 1.165) is 11.3 Å². The molecule has 1 atom stereocenters. The lowest BCUT2D eigenvalue weighted by Gasteiger charge is -2.14. The smallest absolute Gasteiger partial charge is 0.261 e. The highest BCUT2D eigenvalue weighted by Gasteiger charge is 2.16. The SMILES string of the molecule is C[C@@H](Oc1ccc(Cl)cc1)C(=O)NCc1ccc(S(N)(=O)=O)s1. The molecular formula is C14H15ClN2O4S2. The quantitative estimate of drug-likeness (QED) is 0.809. The van der Waals surface area contributed by atoms with Crippen LogP contribution in [-0.4, -0.2) is 20.4 Å². The maximum atomic E-state index is 12.0. The summed E-state index contributed by atoms with van der Waals surface area (Å²) in [5, 5.41) is 8.30. The molecule has 0 aliphatic heterocycles. The summed E-state index contributed by atoms with van der Waals surface area (Å²) in [5.74, 6) is 0.218. The van der Waals surface area contributed by atoms with Crippen molar-refractivity contribution in [2.24, 2.45) is 5.14 Å². The molecule has 6 nitrogen and oxygen atoms in total. The van der Waals surface area contributed by atoms with Crippen LogP contribution in [0.25, 0.3) is 0 Å². The van der Waals surface area contributed by atoms with Gasteiger partial charge in [-0.25, -0.2) is 13.6 Å². The normalized spacial score (nSPS) is 12.7. The van der Waals surface area contributed by atoms with E-state index in [1.165, 1.54) is 6.07 Å². The van der Waals surface area contributed by atoms with Crippen molar-refractivity contribution in [3.63, 3.8) is 0 Å². The summed E-state index contributed by atoms with van der Waals surface area (Å²) < 4.78 is 27.9. The number of thiophene rings is 1. The molecule has 0 saturated carbocycles. The van der Waals surface area contributed by atoms with E-state index in [1.54, 1.807) is 37.3 Å². The summed E-state index contributed by atoms with van der Waals surface area (Å²) in [6, 6.07) is 9.70. The van der Waals surface area contributed by atoms with Gasteiger partial charge in [0.05, 0.1) is 6.54 Å². The number of rotatable bonds is 6. The maximum Gasteiger partial charge on any atom is 0.261 e. The third-order valence-electron chi connectivity index (χ3n) is 2.85. The number of hydrogen-bond donors (Lipinski definition) is 2. The molecule has 1 aromatic carbocycles. The fourth-order valence-electron chi connectivity index (χ4n) is 1.69. The molecule has 0 saturated heterocycles. The molecule has 0 aliphatic rings. The van der Waals surface area contributed by atoms with Gasteiger partial charge in [0.15, 0.2) is 6.10 Å². The minimum Gasteiger partial charge on any atom is -0.481 e. The summed E-state index contributed by atoms with van der Waals surface area (Å²) in [6.07, 6.45) is -0.700. The fourth-order valence-corrected chi connectivity index (χ4v) is 3.54. The monoisotopic (exact) mass is 374 g/mol. The second-order valence-electron chi connectivity index (χ2n) is 4.70. The molecule has 1 aromatic heterocycles. The molecule has 0 bridgehead atoms. The molecule has 23 heavy (non-hydrogen) atoms. The minimum atomic E-state index is -3.71. The molecule has 0 spiro atoms. The predicted molar refractivity (Wildman–Crippen MR) is 89.1 cm³/mol. The molecule has 2 aromatic rings. The number of benzene rings is 1. The Morgan fingerprint density at radius 2 is 1.96 bits per heavy atom. The van der Waals surface area contributed by atoms with Crippen molar-refractivity contribution >= 4 is 38.9 Å². The number of primary sulfonamides is 1. The first-order valence-electron chi connectivity index (χ1n) is 6.57. The van der Waals surface area contributed by atoms with Gasteiger partial charge in [-0.2, -0.15) is 0 Å². The van der Waals surface area contributed by atoms with Gasteiger partial charge in [0.2, 0.25) is 10.0 Å². The van der Waals surface area contributed by atoms with Crippen LogP contribution >= 0.6 is 22.9 Å². The first-order chi connectivity index (χ1) is 10.8. The summed E-state index contributed by atoms with van der Waals surface area (Å²) in [6.45, 7) is 1.82. The number of nitrogens with one attached hydrogen (secondary N) is 1. The average Bonchev–Trinajstić information content (AvgIpc) is 2.96. The number of amides is 1. The van der Waals surface area contributed by atoms with E-state index in [4.69, 9.17) is 21.5 Å². The lowest BCUT2D eigenvalue weighted by molar-refractivity contribution is -0.127. The fraction of sp³-hybridized carbons (Fsp3) is 0.214. The Kier molecular flexibility index (Phi) is 5.64. The number of sulfonamides is 1. The van der Waals surface area contributed by atoms with Crippen LogP contribution in [0.4, 0.5) is 0 Å². The lowest BCUT2D eigenvalue weighted by Crippen LogP contribution is -2.35. The first kappa shape index (κ1) is 17.7. The number of carbonyl (C=O) groups excluding carboxylic acids is 1. The summed E-state index contributed by atoms with van der Waals surface area (Å²) in [7, 11) is -3.71. The molecule has 0 aliphatic carbocycles. The molecule has 9 heteroatoms. The third kappa shape index (κ3) is 5.21. The van der Waals surface area contributed by atoms with Crippen LogP contribution in [0, 0.1) is 0 Å². The number of hydrogen-bond acceptors (Lipinski definition) is 5. The van der Waals surface area contributed by atoms with Gasteiger partial charge >= 0.3 is 0 Å². The van der Waals surface area contributed by atoms with E-state index >= 15 is 0 Å². The van der Waals surface area contributed by atoms with Gasteiger partial charge in [0.1, 0.15) is 9.96 Å². The van der Waals surface area contributed by atoms with Crippen LogP contribution < -0.4 is 15.2 Å². The topological polar surface area (TPSA) is 98.5 Å². The van der Waals surface area contributed by atoms with Gasteiger partial charge < -0.3 is 10.1 Å². The second kappa shape index (κ2) is 7.31. The number of carbonyl (C=O) groups is 1. The van der Waals surface area contributed by atoms with E-state index in [2.05, 4.69) is 5.32 Å². The average molecular weight is 375 g/mol. The molecule has 2 rings (SSSR count). The van der Waals surface area contributed by atoms with Crippen LogP contribution in [0.3, 0.4) is 0 Å². The zero-order chi connectivity index (χ0) is 17.0. The Labute approximate surface area is 143 Å². The van der Waals surface area contributed by atoms with Gasteiger partial charge in [0, 0.05) is 9.90 Å². The zero-order valence-corrected chi connectivity index (χ0v) is 14.5. The molecule has 1 heterocycles. The van der Waals surface area contributed by atoms with Gasteiger partial charge in [-0.05, 0) is 43.3 Å². The van der Waals surface area contributed by atoms with Gasteiger partial charge in [-0.3, -0.25) is 4.79 Å². The zero-order valence-electron chi connectivity index (χ0n) is 12.2. The Balaban J connectivity index is 1.89. The van der Waals surface area contributed by atoms with Crippen molar-refractivity contribution < 1.29 is 17.9 Å². The van der Waals surface area contributed by atoms with Crippen molar-refractivity contribution in [1.82, 2.24) is 5.32 Å². The maximum absolute atomic E-state index is 12.0. The summed E-state index contributed by atoms with van der Waals surface area (Å²) in [5.41, 5.74) is 0. The van der Waals surface area contributed by atoms with E-state index < -0.39 is 16.1 Å². The molecule has 124 valence electrons. The minimum absolute atomic E-state index is 0.0622. The van der Waals surface area contributed by atoms with Gasteiger partial charge in [-0.15, -0.1) is 11.3 Å². The van der Waals surface area contributed by atoms with Gasteiger partial charge in [-0.1, -0.05) is 11.6 Å².